The fourth-order valence-corrected chi connectivity index (χ4v) is 4.52. The Labute approximate surface area is 204 Å². The van der Waals surface area contributed by atoms with Crippen LogP contribution in [0.2, 0.25) is 0 Å². The molecular weight excluding hydrogens is 475 g/mol. The highest BCUT2D eigenvalue weighted by Gasteiger charge is 2.31. The Balaban J connectivity index is 1.47. The number of carbonyl (C=O) groups excluding carboxylic acids is 1. The van der Waals surface area contributed by atoms with E-state index in [1.807, 2.05) is 6.92 Å². The van der Waals surface area contributed by atoms with Gasteiger partial charge in [0.1, 0.15) is 11.5 Å². The fourth-order valence-electron chi connectivity index (χ4n) is 4.52. The third kappa shape index (κ3) is 4.35. The molecule has 0 fully saturated rings. The van der Waals surface area contributed by atoms with Gasteiger partial charge in [-0.05, 0) is 42.8 Å². The first-order chi connectivity index (χ1) is 17.2. The van der Waals surface area contributed by atoms with Gasteiger partial charge in [0.25, 0.3) is 5.91 Å². The van der Waals surface area contributed by atoms with Gasteiger partial charge in [0.15, 0.2) is 0 Å². The average molecular weight is 499 g/mol. The minimum atomic E-state index is -4.46. The maximum absolute atomic E-state index is 13.5. The molecule has 4 aromatic rings. The number of methoxy groups -OCH3 is 1. The maximum atomic E-state index is 13.5. The molecule has 1 atom stereocenters. The summed E-state index contributed by atoms with van der Waals surface area (Å²) < 4.78 is 51.5. The van der Waals surface area contributed by atoms with E-state index in [9.17, 15) is 18.0 Å². The van der Waals surface area contributed by atoms with Gasteiger partial charge in [-0.25, -0.2) is 9.97 Å². The first kappa shape index (κ1) is 24.0. The minimum absolute atomic E-state index is 0.0987. The largest absolute Gasteiger partial charge is 0.417 e. The summed E-state index contributed by atoms with van der Waals surface area (Å²) in [6, 6.07) is 7.50. The van der Waals surface area contributed by atoms with Gasteiger partial charge in [0.2, 0.25) is 0 Å². The fraction of sp³-hybridized carbons (Fsp3) is 0.320. The van der Waals surface area contributed by atoms with E-state index in [0.29, 0.717) is 34.8 Å². The normalized spacial score (nSPS) is 15.5. The van der Waals surface area contributed by atoms with Crippen molar-refractivity contribution >= 4 is 28.3 Å². The quantitative estimate of drug-likeness (QED) is 0.424. The van der Waals surface area contributed by atoms with Gasteiger partial charge >= 0.3 is 6.18 Å². The highest BCUT2D eigenvalue weighted by molar-refractivity contribution is 5.99. The van der Waals surface area contributed by atoms with E-state index in [1.54, 1.807) is 23.1 Å². The number of imidazole rings is 1. The molecule has 5 rings (SSSR count). The van der Waals surface area contributed by atoms with Crippen LogP contribution in [0.25, 0.3) is 16.6 Å². The monoisotopic (exact) mass is 499 g/mol. The van der Waals surface area contributed by atoms with Crippen LogP contribution < -0.4 is 5.73 Å². The molecule has 4 heterocycles. The van der Waals surface area contributed by atoms with E-state index in [0.717, 1.165) is 28.8 Å². The van der Waals surface area contributed by atoms with Gasteiger partial charge in [-0.2, -0.15) is 13.2 Å². The summed E-state index contributed by atoms with van der Waals surface area (Å²) >= 11 is 0. The molecule has 36 heavy (non-hydrogen) atoms. The summed E-state index contributed by atoms with van der Waals surface area (Å²) in [4.78, 5) is 24.0. The second-order valence-corrected chi connectivity index (χ2v) is 8.71. The number of hydrogen-bond donors (Lipinski definition) is 1. The first-order valence-corrected chi connectivity index (χ1v) is 11.3. The number of anilines is 1. The van der Waals surface area contributed by atoms with Crippen molar-refractivity contribution in [1.29, 1.82) is 0 Å². The number of nitrogen functional groups attached to an aromatic ring is 1. The molecule has 0 bridgehead atoms. The summed E-state index contributed by atoms with van der Waals surface area (Å²) in [6.45, 7) is 2.94. The predicted molar refractivity (Wildman–Crippen MR) is 126 cm³/mol. The molecule has 1 aromatic carbocycles. The molecule has 0 aliphatic carbocycles. The summed E-state index contributed by atoms with van der Waals surface area (Å²) in [7, 11) is 1.53. The molecule has 2 N–H and O–H groups in total. The first-order valence-electron chi connectivity index (χ1n) is 11.3. The molecule has 0 spiro atoms. The van der Waals surface area contributed by atoms with E-state index in [2.05, 4.69) is 9.97 Å². The van der Waals surface area contributed by atoms with Crippen LogP contribution in [0.3, 0.4) is 0 Å². The lowest BCUT2D eigenvalue weighted by Crippen LogP contribution is -2.33. The lowest BCUT2D eigenvalue weighted by atomic mass is 10.00. The average Bonchev–Trinajstić information content (AvgIpc) is 3.43. The summed E-state index contributed by atoms with van der Waals surface area (Å²) in [5.74, 6) is 0.156. The minimum Gasteiger partial charge on any atom is -0.383 e. The number of nitrogens with zero attached hydrogens (tertiary/aromatic N) is 4. The number of rotatable bonds is 6. The Hall–Kier alpha value is -3.70. The molecule has 11 heteroatoms. The van der Waals surface area contributed by atoms with Crippen molar-refractivity contribution in [2.24, 2.45) is 0 Å². The smallest absolute Gasteiger partial charge is 0.383 e. The van der Waals surface area contributed by atoms with E-state index in [-0.39, 0.29) is 31.7 Å². The Kier molecular flexibility index (Phi) is 6.05. The Morgan fingerprint density at radius 2 is 2.06 bits per heavy atom. The van der Waals surface area contributed by atoms with Crippen LogP contribution in [0.4, 0.5) is 19.0 Å². The van der Waals surface area contributed by atoms with Crippen LogP contribution in [0.15, 0.2) is 42.7 Å². The molecule has 1 aliphatic rings. The van der Waals surface area contributed by atoms with Crippen molar-refractivity contribution in [3.05, 3.63) is 70.7 Å². The van der Waals surface area contributed by atoms with Gasteiger partial charge in [0.05, 0.1) is 42.6 Å². The molecule has 3 aromatic heterocycles. The summed E-state index contributed by atoms with van der Waals surface area (Å²) in [5.41, 5.74) is 9.04. The second kappa shape index (κ2) is 9.07. The van der Waals surface area contributed by atoms with Crippen molar-refractivity contribution in [2.45, 2.75) is 32.4 Å². The summed E-state index contributed by atoms with van der Waals surface area (Å²) in [5, 5.41) is 0.800. The van der Waals surface area contributed by atoms with Crippen LogP contribution in [0.5, 0.6) is 0 Å². The van der Waals surface area contributed by atoms with Crippen LogP contribution in [0, 0.1) is 0 Å². The zero-order valence-corrected chi connectivity index (χ0v) is 19.7. The SMILES string of the molecule is COCCN(Cc1cn2cc(C(F)(F)F)ccc2n1)C(=O)c1ccc2nc(N)c3c(c2c1)COC3C. The third-order valence-electron chi connectivity index (χ3n) is 6.33. The molecular formula is C25H24F3N5O3. The van der Waals surface area contributed by atoms with Crippen LogP contribution in [-0.4, -0.2) is 45.4 Å². The number of aromatic nitrogens is 3. The van der Waals surface area contributed by atoms with Crippen LogP contribution >= 0.6 is 0 Å². The lowest BCUT2D eigenvalue weighted by molar-refractivity contribution is -0.137. The van der Waals surface area contributed by atoms with Crippen molar-refractivity contribution in [3.8, 4) is 0 Å². The predicted octanol–water partition coefficient (Wildman–Crippen LogP) is 4.36. The molecule has 188 valence electrons. The van der Waals surface area contributed by atoms with Crippen molar-refractivity contribution in [1.82, 2.24) is 19.3 Å². The molecule has 8 nitrogen and oxygen atoms in total. The standard InChI is InChI=1S/C25H24F3N5O3/c1-14-22-19(13-36-14)18-9-15(3-5-20(18)31-23(22)29)24(34)32(7-8-35-2)11-17-12-33-10-16(25(26,27)28)4-6-21(33)30-17/h3-6,9-10,12,14H,7-8,11,13H2,1-2H3,(H2,29,31). The maximum Gasteiger partial charge on any atom is 0.417 e. The van der Waals surface area contributed by atoms with Crippen molar-refractivity contribution in [2.75, 3.05) is 26.0 Å². The second-order valence-electron chi connectivity index (χ2n) is 8.71. The molecule has 1 aliphatic heterocycles. The van der Waals surface area contributed by atoms with Gasteiger partial charge in [-0.15, -0.1) is 0 Å². The molecule has 0 saturated heterocycles. The van der Waals surface area contributed by atoms with E-state index in [4.69, 9.17) is 15.2 Å². The van der Waals surface area contributed by atoms with Crippen LogP contribution in [0.1, 0.15) is 45.8 Å². The molecule has 0 radical (unpaired) electrons. The number of carbonyl (C=O) groups is 1. The Morgan fingerprint density at radius 3 is 2.81 bits per heavy atom. The highest BCUT2D eigenvalue weighted by Crippen LogP contribution is 2.38. The Bertz CT molecular complexity index is 1470. The highest BCUT2D eigenvalue weighted by atomic mass is 19.4. The summed E-state index contributed by atoms with van der Waals surface area (Å²) in [6.07, 6.45) is -2.16. The van der Waals surface area contributed by atoms with Crippen LogP contribution in [-0.2, 0) is 28.8 Å². The zero-order chi connectivity index (χ0) is 25.6. The number of hydrogen-bond acceptors (Lipinski definition) is 6. The lowest BCUT2D eigenvalue weighted by Gasteiger charge is -2.22. The van der Waals surface area contributed by atoms with Gasteiger partial charge in [0, 0.05) is 42.6 Å². The number of amides is 1. The molecule has 1 amide bonds. The van der Waals surface area contributed by atoms with E-state index >= 15 is 0 Å². The molecule has 1 unspecified atom stereocenters. The number of benzene rings is 1. The van der Waals surface area contributed by atoms with Gasteiger partial charge in [-0.1, -0.05) is 0 Å². The number of ether oxygens (including phenoxy) is 2. The van der Waals surface area contributed by atoms with Gasteiger partial charge in [-0.3, -0.25) is 4.79 Å². The zero-order valence-electron chi connectivity index (χ0n) is 19.7. The number of nitrogens with two attached hydrogens (primary N) is 1. The topological polar surface area (TPSA) is 95.0 Å². The van der Waals surface area contributed by atoms with E-state index < -0.39 is 11.7 Å². The van der Waals surface area contributed by atoms with E-state index in [1.165, 1.54) is 23.8 Å². The molecule has 0 saturated carbocycles. The van der Waals surface area contributed by atoms with Gasteiger partial charge < -0.3 is 24.5 Å². The number of pyridine rings is 2. The van der Waals surface area contributed by atoms with Crippen molar-refractivity contribution in [3.63, 3.8) is 0 Å². The van der Waals surface area contributed by atoms with Crippen molar-refractivity contribution < 1.29 is 27.4 Å². The Morgan fingerprint density at radius 1 is 1.25 bits per heavy atom. The number of fused-ring (bicyclic) bond motifs is 4. The third-order valence-corrected chi connectivity index (χ3v) is 6.33. The number of halogens is 3. The number of alkyl halides is 3.